The fraction of sp³-hybridized carbons (Fsp3) is 0.722. The Hall–Kier alpha value is -1.09. The van der Waals surface area contributed by atoms with Gasteiger partial charge in [-0.3, -0.25) is 0 Å². The van der Waals surface area contributed by atoms with Crippen LogP contribution in [-0.4, -0.2) is 23.6 Å². The van der Waals surface area contributed by atoms with E-state index in [2.05, 4.69) is 64.0 Å². The number of hydrogen-bond acceptors (Lipinski definition) is 3. The topological polar surface area (TPSA) is 28.2 Å². The SMILES string of the molecule is CCC(C)(C)N(C)c1cc(CNC2CC2)cc(C(C)C)n1. The van der Waals surface area contributed by atoms with Crippen LogP contribution in [0.1, 0.15) is 71.1 Å². The lowest BCUT2D eigenvalue weighted by atomic mass is 9.99. The van der Waals surface area contributed by atoms with Crippen LogP contribution in [0.4, 0.5) is 5.82 Å². The van der Waals surface area contributed by atoms with Gasteiger partial charge in [-0.15, -0.1) is 0 Å². The van der Waals surface area contributed by atoms with E-state index in [0.717, 1.165) is 24.8 Å². The second-order valence-electron chi connectivity index (χ2n) is 7.29. The number of hydrogen-bond donors (Lipinski definition) is 1. The first-order valence-electron chi connectivity index (χ1n) is 8.31. The summed E-state index contributed by atoms with van der Waals surface area (Å²) in [5.41, 5.74) is 2.68. The van der Waals surface area contributed by atoms with Gasteiger partial charge in [0, 0.05) is 30.9 Å². The standard InChI is InChI=1S/C18H31N3/c1-7-18(4,5)21(6)17-11-14(12-19-15-8-9-15)10-16(20-17)13(2)3/h10-11,13,15,19H,7-9,12H2,1-6H3. The molecule has 1 aromatic heterocycles. The highest BCUT2D eigenvalue weighted by atomic mass is 15.2. The molecule has 0 saturated heterocycles. The summed E-state index contributed by atoms with van der Waals surface area (Å²) in [5.74, 6) is 1.56. The number of rotatable bonds is 7. The van der Waals surface area contributed by atoms with Crippen molar-refractivity contribution in [1.82, 2.24) is 10.3 Å². The molecule has 0 bridgehead atoms. The molecule has 3 heteroatoms. The predicted molar refractivity (Wildman–Crippen MR) is 91.0 cm³/mol. The van der Waals surface area contributed by atoms with E-state index in [9.17, 15) is 0 Å². The lowest BCUT2D eigenvalue weighted by molar-refractivity contribution is 0.466. The van der Waals surface area contributed by atoms with Crippen molar-refractivity contribution in [2.75, 3.05) is 11.9 Å². The Morgan fingerprint density at radius 2 is 2.00 bits per heavy atom. The molecule has 1 heterocycles. The van der Waals surface area contributed by atoms with Gasteiger partial charge in [0.2, 0.25) is 0 Å². The van der Waals surface area contributed by atoms with Crippen LogP contribution in [0.2, 0.25) is 0 Å². The number of nitrogens with zero attached hydrogens (tertiary/aromatic N) is 2. The van der Waals surface area contributed by atoms with Gasteiger partial charge in [-0.05, 0) is 56.7 Å². The lowest BCUT2D eigenvalue weighted by Crippen LogP contribution is -2.41. The van der Waals surface area contributed by atoms with Gasteiger partial charge in [0.15, 0.2) is 0 Å². The number of aromatic nitrogens is 1. The van der Waals surface area contributed by atoms with Crippen LogP contribution < -0.4 is 10.2 Å². The van der Waals surface area contributed by atoms with E-state index in [-0.39, 0.29) is 5.54 Å². The fourth-order valence-corrected chi connectivity index (χ4v) is 2.26. The number of nitrogens with one attached hydrogen (secondary N) is 1. The normalized spacial score (nSPS) is 15.6. The second kappa shape index (κ2) is 6.35. The van der Waals surface area contributed by atoms with Crippen LogP contribution in [0.15, 0.2) is 12.1 Å². The minimum absolute atomic E-state index is 0.129. The third kappa shape index (κ3) is 4.19. The molecule has 21 heavy (non-hydrogen) atoms. The highest BCUT2D eigenvalue weighted by Gasteiger charge is 2.24. The molecule has 1 fully saturated rings. The van der Waals surface area contributed by atoms with Crippen LogP contribution in [0.5, 0.6) is 0 Å². The Labute approximate surface area is 130 Å². The molecule has 0 amide bonds. The molecule has 3 nitrogen and oxygen atoms in total. The van der Waals surface area contributed by atoms with Crippen LogP contribution in [-0.2, 0) is 6.54 Å². The average Bonchev–Trinajstić information content (AvgIpc) is 3.28. The molecular weight excluding hydrogens is 258 g/mol. The highest BCUT2D eigenvalue weighted by molar-refractivity contribution is 5.45. The molecule has 0 radical (unpaired) electrons. The van der Waals surface area contributed by atoms with Gasteiger partial charge in [-0.2, -0.15) is 0 Å². The van der Waals surface area contributed by atoms with Crippen molar-refractivity contribution < 1.29 is 0 Å². The quantitative estimate of drug-likeness (QED) is 0.819. The van der Waals surface area contributed by atoms with Gasteiger partial charge in [0.1, 0.15) is 5.82 Å². The van der Waals surface area contributed by atoms with Crippen molar-refractivity contribution in [2.24, 2.45) is 0 Å². The summed E-state index contributed by atoms with van der Waals surface area (Å²) in [6.45, 7) is 12.2. The van der Waals surface area contributed by atoms with Gasteiger partial charge >= 0.3 is 0 Å². The molecule has 1 saturated carbocycles. The smallest absolute Gasteiger partial charge is 0.129 e. The zero-order valence-corrected chi connectivity index (χ0v) is 14.5. The Balaban J connectivity index is 2.25. The van der Waals surface area contributed by atoms with Gasteiger partial charge < -0.3 is 10.2 Å². The maximum atomic E-state index is 4.89. The molecule has 1 aliphatic carbocycles. The number of pyridine rings is 1. The Bertz CT molecular complexity index is 475. The lowest BCUT2D eigenvalue weighted by Gasteiger charge is -2.36. The summed E-state index contributed by atoms with van der Waals surface area (Å²) in [4.78, 5) is 7.21. The van der Waals surface area contributed by atoms with E-state index in [1.165, 1.54) is 24.1 Å². The molecule has 0 aliphatic heterocycles. The van der Waals surface area contributed by atoms with E-state index in [1.807, 2.05) is 0 Å². The molecule has 118 valence electrons. The Morgan fingerprint density at radius 3 is 2.52 bits per heavy atom. The minimum Gasteiger partial charge on any atom is -0.355 e. The minimum atomic E-state index is 0.129. The average molecular weight is 289 g/mol. The van der Waals surface area contributed by atoms with Crippen LogP contribution in [0.25, 0.3) is 0 Å². The summed E-state index contributed by atoms with van der Waals surface area (Å²) >= 11 is 0. The predicted octanol–water partition coefficient (Wildman–Crippen LogP) is 4.08. The summed E-state index contributed by atoms with van der Waals surface area (Å²) in [6.07, 6.45) is 3.77. The van der Waals surface area contributed by atoms with E-state index in [1.54, 1.807) is 0 Å². The van der Waals surface area contributed by atoms with Crippen LogP contribution in [0, 0.1) is 0 Å². The van der Waals surface area contributed by atoms with Crippen molar-refractivity contribution >= 4 is 5.82 Å². The van der Waals surface area contributed by atoms with Gasteiger partial charge in [0.05, 0.1) is 0 Å². The molecule has 0 spiro atoms. The maximum Gasteiger partial charge on any atom is 0.129 e. The first kappa shape index (κ1) is 16.3. The summed E-state index contributed by atoms with van der Waals surface area (Å²) in [7, 11) is 2.16. The van der Waals surface area contributed by atoms with Crippen LogP contribution in [0.3, 0.4) is 0 Å². The first-order valence-corrected chi connectivity index (χ1v) is 8.31. The molecule has 1 aliphatic rings. The maximum absolute atomic E-state index is 4.89. The van der Waals surface area contributed by atoms with E-state index < -0.39 is 0 Å². The third-order valence-corrected chi connectivity index (χ3v) is 4.77. The van der Waals surface area contributed by atoms with Gasteiger partial charge in [-0.1, -0.05) is 20.8 Å². The molecular formula is C18H31N3. The fourth-order valence-electron chi connectivity index (χ4n) is 2.26. The Morgan fingerprint density at radius 1 is 1.33 bits per heavy atom. The zero-order valence-electron chi connectivity index (χ0n) is 14.5. The van der Waals surface area contributed by atoms with Gasteiger partial charge in [-0.25, -0.2) is 4.98 Å². The largest absolute Gasteiger partial charge is 0.355 e. The van der Waals surface area contributed by atoms with E-state index >= 15 is 0 Å². The van der Waals surface area contributed by atoms with Crippen molar-refractivity contribution in [3.63, 3.8) is 0 Å². The molecule has 0 atom stereocenters. The Kier molecular flexibility index (Phi) is 4.92. The highest BCUT2D eigenvalue weighted by Crippen LogP contribution is 2.27. The zero-order chi connectivity index (χ0) is 15.6. The van der Waals surface area contributed by atoms with Crippen LogP contribution >= 0.6 is 0 Å². The summed E-state index contributed by atoms with van der Waals surface area (Å²) in [6, 6.07) is 5.25. The summed E-state index contributed by atoms with van der Waals surface area (Å²) < 4.78 is 0. The second-order valence-corrected chi connectivity index (χ2v) is 7.29. The number of anilines is 1. The van der Waals surface area contributed by atoms with E-state index in [4.69, 9.17) is 4.98 Å². The summed E-state index contributed by atoms with van der Waals surface area (Å²) in [5, 5.41) is 3.61. The molecule has 1 aromatic rings. The monoisotopic (exact) mass is 289 g/mol. The van der Waals surface area contributed by atoms with E-state index in [0.29, 0.717) is 5.92 Å². The molecule has 1 N–H and O–H groups in total. The molecule has 0 aromatic carbocycles. The molecule has 2 rings (SSSR count). The van der Waals surface area contributed by atoms with Crippen molar-refractivity contribution in [3.05, 3.63) is 23.4 Å². The molecule has 0 unspecified atom stereocenters. The van der Waals surface area contributed by atoms with Crippen molar-refractivity contribution in [3.8, 4) is 0 Å². The van der Waals surface area contributed by atoms with Crippen molar-refractivity contribution in [2.45, 2.75) is 77.9 Å². The van der Waals surface area contributed by atoms with Crippen molar-refractivity contribution in [1.29, 1.82) is 0 Å². The third-order valence-electron chi connectivity index (χ3n) is 4.77. The first-order chi connectivity index (χ1) is 9.83. The van der Waals surface area contributed by atoms with Gasteiger partial charge in [0.25, 0.3) is 0 Å².